The number of likely N-dealkylation sites (N-methyl/N-ethyl adjacent to an activating group) is 1. The lowest BCUT2D eigenvalue weighted by Gasteiger charge is -2.20. The lowest BCUT2D eigenvalue weighted by molar-refractivity contribution is 0.584. The molecule has 0 aromatic heterocycles. The van der Waals surface area contributed by atoms with Crippen molar-refractivity contribution in [1.82, 2.24) is 5.32 Å². The number of hydrogen-bond donors (Lipinski definition) is 1. The van der Waals surface area contributed by atoms with Crippen molar-refractivity contribution in [1.29, 1.82) is 0 Å². The Hall–Kier alpha value is -1.19. The van der Waals surface area contributed by atoms with E-state index in [2.05, 4.69) is 53.3 Å². The molecule has 2 rings (SSSR count). The van der Waals surface area contributed by atoms with E-state index in [1.54, 1.807) is 0 Å². The van der Waals surface area contributed by atoms with Gasteiger partial charge >= 0.3 is 0 Å². The van der Waals surface area contributed by atoms with Gasteiger partial charge in [0.15, 0.2) is 0 Å². The van der Waals surface area contributed by atoms with Crippen LogP contribution in [0, 0.1) is 19.7 Å². The smallest absolute Gasteiger partial charge is 0.124 e. The minimum atomic E-state index is -0.214. The Kier molecular flexibility index (Phi) is 4.95. The van der Waals surface area contributed by atoms with Gasteiger partial charge in [-0.05, 0) is 56.1 Å². The van der Waals surface area contributed by atoms with Crippen molar-refractivity contribution in [3.05, 3.63) is 68.9 Å². The van der Waals surface area contributed by atoms with Crippen molar-refractivity contribution in [2.24, 2.45) is 0 Å². The van der Waals surface area contributed by atoms with E-state index in [9.17, 15) is 4.39 Å². The molecule has 0 amide bonds. The molecule has 20 heavy (non-hydrogen) atoms. The van der Waals surface area contributed by atoms with Gasteiger partial charge in [-0.2, -0.15) is 0 Å². The van der Waals surface area contributed by atoms with Crippen LogP contribution in [0.25, 0.3) is 0 Å². The summed E-state index contributed by atoms with van der Waals surface area (Å²) in [4.78, 5) is 0. The Morgan fingerprint density at radius 3 is 2.55 bits per heavy atom. The van der Waals surface area contributed by atoms with Crippen LogP contribution in [0.1, 0.15) is 28.3 Å². The molecule has 0 fully saturated rings. The highest BCUT2D eigenvalue weighted by Crippen LogP contribution is 2.26. The van der Waals surface area contributed by atoms with Gasteiger partial charge in [-0.15, -0.1) is 0 Å². The highest BCUT2D eigenvalue weighted by molar-refractivity contribution is 9.10. The first-order valence-corrected chi connectivity index (χ1v) is 7.49. The molecule has 3 heteroatoms. The average Bonchev–Trinajstić information content (AvgIpc) is 2.41. The molecule has 0 spiro atoms. The lowest BCUT2D eigenvalue weighted by Crippen LogP contribution is -2.20. The molecular formula is C17H19BrFN. The fraction of sp³-hybridized carbons (Fsp3) is 0.294. The molecule has 2 aromatic carbocycles. The molecule has 1 N–H and O–H groups in total. The molecule has 0 aliphatic rings. The summed E-state index contributed by atoms with van der Waals surface area (Å²) in [5, 5.41) is 3.36. The van der Waals surface area contributed by atoms with Crippen LogP contribution >= 0.6 is 15.9 Å². The standard InChI is InChI=1S/C17H19BrFN/c1-11-4-5-12(2)15(8-11)17(20-3)9-13-6-7-14(19)10-16(13)18/h4-8,10,17,20H,9H2,1-3H3. The largest absolute Gasteiger partial charge is 0.313 e. The topological polar surface area (TPSA) is 12.0 Å². The van der Waals surface area contributed by atoms with Gasteiger partial charge in [0.2, 0.25) is 0 Å². The summed E-state index contributed by atoms with van der Waals surface area (Å²) < 4.78 is 14.0. The van der Waals surface area contributed by atoms with Crippen LogP contribution in [-0.2, 0) is 6.42 Å². The van der Waals surface area contributed by atoms with Gasteiger partial charge in [-0.3, -0.25) is 0 Å². The van der Waals surface area contributed by atoms with Gasteiger partial charge in [0.1, 0.15) is 5.82 Å². The second-order valence-electron chi connectivity index (χ2n) is 5.14. The van der Waals surface area contributed by atoms with Gasteiger partial charge in [-0.25, -0.2) is 4.39 Å². The third-order valence-electron chi connectivity index (χ3n) is 3.60. The maximum atomic E-state index is 13.2. The summed E-state index contributed by atoms with van der Waals surface area (Å²) in [5.74, 6) is -0.214. The van der Waals surface area contributed by atoms with Crippen molar-refractivity contribution >= 4 is 15.9 Å². The third-order valence-corrected chi connectivity index (χ3v) is 4.34. The Labute approximate surface area is 128 Å². The summed E-state index contributed by atoms with van der Waals surface area (Å²) in [6.07, 6.45) is 0.821. The summed E-state index contributed by atoms with van der Waals surface area (Å²) in [7, 11) is 1.96. The summed E-state index contributed by atoms with van der Waals surface area (Å²) in [6, 6.07) is 11.6. The van der Waals surface area contributed by atoms with Crippen LogP contribution in [-0.4, -0.2) is 7.05 Å². The molecule has 0 aliphatic heterocycles. The number of rotatable bonds is 4. The van der Waals surface area contributed by atoms with Crippen LogP contribution < -0.4 is 5.32 Å². The molecule has 0 aliphatic carbocycles. The molecule has 1 unspecified atom stereocenters. The molecule has 2 aromatic rings. The van der Waals surface area contributed by atoms with Crippen molar-refractivity contribution in [2.45, 2.75) is 26.3 Å². The minimum absolute atomic E-state index is 0.214. The molecule has 106 valence electrons. The number of benzene rings is 2. The number of aryl methyl sites for hydroxylation is 2. The highest BCUT2D eigenvalue weighted by atomic mass is 79.9. The molecule has 0 saturated carbocycles. The van der Waals surface area contributed by atoms with Crippen LogP contribution in [0.5, 0.6) is 0 Å². The van der Waals surface area contributed by atoms with E-state index in [1.807, 2.05) is 13.1 Å². The van der Waals surface area contributed by atoms with E-state index in [4.69, 9.17) is 0 Å². The van der Waals surface area contributed by atoms with Gasteiger partial charge in [0.05, 0.1) is 0 Å². The number of nitrogens with one attached hydrogen (secondary N) is 1. The molecule has 0 bridgehead atoms. The van der Waals surface area contributed by atoms with E-state index < -0.39 is 0 Å². The number of hydrogen-bond acceptors (Lipinski definition) is 1. The summed E-state index contributed by atoms with van der Waals surface area (Å²) >= 11 is 3.44. The van der Waals surface area contributed by atoms with Crippen LogP contribution in [0.2, 0.25) is 0 Å². The van der Waals surface area contributed by atoms with E-state index in [1.165, 1.54) is 28.8 Å². The zero-order valence-corrected chi connectivity index (χ0v) is 13.6. The second-order valence-corrected chi connectivity index (χ2v) is 6.00. The quantitative estimate of drug-likeness (QED) is 0.853. The first-order chi connectivity index (χ1) is 9.51. The Morgan fingerprint density at radius 1 is 1.15 bits per heavy atom. The van der Waals surface area contributed by atoms with Crippen LogP contribution in [0.3, 0.4) is 0 Å². The minimum Gasteiger partial charge on any atom is -0.313 e. The van der Waals surface area contributed by atoms with Crippen LogP contribution in [0.15, 0.2) is 40.9 Å². The normalized spacial score (nSPS) is 12.4. The second kappa shape index (κ2) is 6.51. The fourth-order valence-electron chi connectivity index (χ4n) is 2.41. The third kappa shape index (κ3) is 3.47. The van der Waals surface area contributed by atoms with E-state index in [0.29, 0.717) is 0 Å². The molecule has 1 atom stereocenters. The van der Waals surface area contributed by atoms with Gasteiger partial charge < -0.3 is 5.32 Å². The van der Waals surface area contributed by atoms with Crippen molar-refractivity contribution in [3.8, 4) is 0 Å². The van der Waals surface area contributed by atoms with Crippen molar-refractivity contribution < 1.29 is 4.39 Å². The maximum Gasteiger partial charge on any atom is 0.124 e. The fourth-order valence-corrected chi connectivity index (χ4v) is 2.92. The highest BCUT2D eigenvalue weighted by Gasteiger charge is 2.14. The first kappa shape index (κ1) is 15.2. The van der Waals surface area contributed by atoms with Gasteiger partial charge in [-0.1, -0.05) is 45.8 Å². The Balaban J connectivity index is 2.31. The molecule has 1 nitrogen and oxygen atoms in total. The zero-order chi connectivity index (χ0) is 14.7. The summed E-state index contributed by atoms with van der Waals surface area (Å²) in [5.41, 5.74) is 4.92. The Bertz CT molecular complexity index is 610. The predicted octanol–water partition coefficient (Wildman–Crippen LogP) is 4.71. The van der Waals surface area contributed by atoms with E-state index >= 15 is 0 Å². The van der Waals surface area contributed by atoms with Crippen molar-refractivity contribution in [3.63, 3.8) is 0 Å². The van der Waals surface area contributed by atoms with Crippen LogP contribution in [0.4, 0.5) is 4.39 Å². The first-order valence-electron chi connectivity index (χ1n) is 6.69. The summed E-state index contributed by atoms with van der Waals surface area (Å²) in [6.45, 7) is 4.22. The predicted molar refractivity (Wildman–Crippen MR) is 85.5 cm³/mol. The molecular weight excluding hydrogens is 317 g/mol. The SMILES string of the molecule is CNC(Cc1ccc(F)cc1Br)c1cc(C)ccc1C. The average molecular weight is 336 g/mol. The van der Waals surface area contributed by atoms with Gasteiger partial charge in [0.25, 0.3) is 0 Å². The molecule has 0 radical (unpaired) electrons. The molecule has 0 heterocycles. The lowest BCUT2D eigenvalue weighted by atomic mass is 9.94. The molecule has 0 saturated heterocycles. The maximum absolute atomic E-state index is 13.2. The van der Waals surface area contributed by atoms with Crippen molar-refractivity contribution in [2.75, 3.05) is 7.05 Å². The van der Waals surface area contributed by atoms with Gasteiger partial charge in [0, 0.05) is 10.5 Å². The Morgan fingerprint density at radius 2 is 1.90 bits per heavy atom. The zero-order valence-electron chi connectivity index (χ0n) is 12.0. The monoisotopic (exact) mass is 335 g/mol. The van der Waals surface area contributed by atoms with E-state index in [0.717, 1.165) is 16.5 Å². The number of halogens is 2. The van der Waals surface area contributed by atoms with E-state index in [-0.39, 0.29) is 11.9 Å².